The van der Waals surface area contributed by atoms with Gasteiger partial charge in [-0.15, -0.1) is 0 Å². The highest BCUT2D eigenvalue weighted by Crippen LogP contribution is 2.25. The largest absolute Gasteiger partial charge is 0.480 e. The standard InChI is InChI=1S/C16H22N2O3/c1-3-16(4-2,15(20)21)18-14(19)12-9-11-7-5-6-8-13(11)17-10-12/h5-8,12,17H,3-4,9-10H2,1-2H3,(H,18,19)(H,20,21). The summed E-state index contributed by atoms with van der Waals surface area (Å²) in [6.07, 6.45) is 1.39. The molecule has 0 saturated heterocycles. The number of carboxylic acid groups (broad SMARTS) is 1. The number of amides is 1. The molecule has 1 aromatic carbocycles. The highest BCUT2D eigenvalue weighted by Gasteiger charge is 2.38. The Morgan fingerprint density at radius 1 is 1.33 bits per heavy atom. The molecule has 0 radical (unpaired) electrons. The van der Waals surface area contributed by atoms with Crippen LogP contribution in [0.15, 0.2) is 24.3 Å². The zero-order chi connectivity index (χ0) is 15.5. The number of carbonyl (C=O) groups is 2. The number of benzene rings is 1. The molecule has 0 fully saturated rings. The molecular formula is C16H22N2O3. The summed E-state index contributed by atoms with van der Waals surface area (Å²) >= 11 is 0. The maximum atomic E-state index is 12.4. The molecule has 1 aliphatic heterocycles. The topological polar surface area (TPSA) is 78.4 Å². The van der Waals surface area contributed by atoms with Crippen molar-refractivity contribution in [1.82, 2.24) is 5.32 Å². The molecule has 0 bridgehead atoms. The number of fused-ring (bicyclic) bond motifs is 1. The number of carboxylic acids is 1. The van der Waals surface area contributed by atoms with E-state index in [0.29, 0.717) is 25.8 Å². The van der Waals surface area contributed by atoms with E-state index < -0.39 is 11.5 Å². The Morgan fingerprint density at radius 2 is 2.00 bits per heavy atom. The van der Waals surface area contributed by atoms with Gasteiger partial charge in [-0.3, -0.25) is 4.79 Å². The van der Waals surface area contributed by atoms with Crippen LogP contribution in [0.25, 0.3) is 0 Å². The quantitative estimate of drug-likeness (QED) is 0.775. The van der Waals surface area contributed by atoms with Gasteiger partial charge in [0.15, 0.2) is 0 Å². The van der Waals surface area contributed by atoms with Gasteiger partial charge < -0.3 is 15.7 Å². The van der Waals surface area contributed by atoms with Crippen LogP contribution in [0.3, 0.4) is 0 Å². The first-order valence-electron chi connectivity index (χ1n) is 7.39. The van der Waals surface area contributed by atoms with Gasteiger partial charge in [-0.1, -0.05) is 32.0 Å². The van der Waals surface area contributed by atoms with Crippen LogP contribution in [0.1, 0.15) is 32.3 Å². The maximum Gasteiger partial charge on any atom is 0.329 e. The molecule has 3 N–H and O–H groups in total. The average molecular weight is 290 g/mol. The van der Waals surface area contributed by atoms with Crippen LogP contribution >= 0.6 is 0 Å². The lowest BCUT2D eigenvalue weighted by molar-refractivity contribution is -0.148. The molecule has 1 aromatic rings. The second-order valence-electron chi connectivity index (χ2n) is 5.52. The Morgan fingerprint density at radius 3 is 2.62 bits per heavy atom. The molecule has 0 saturated carbocycles. The third-order valence-electron chi connectivity index (χ3n) is 4.37. The van der Waals surface area contributed by atoms with E-state index in [0.717, 1.165) is 11.3 Å². The van der Waals surface area contributed by atoms with Gasteiger partial charge in [0.2, 0.25) is 5.91 Å². The lowest BCUT2D eigenvalue weighted by atomic mass is 9.89. The summed E-state index contributed by atoms with van der Waals surface area (Å²) in [7, 11) is 0. The average Bonchev–Trinajstić information content (AvgIpc) is 2.51. The number of hydrogen-bond donors (Lipinski definition) is 3. The van der Waals surface area contributed by atoms with Crippen LogP contribution in [0.5, 0.6) is 0 Å². The zero-order valence-electron chi connectivity index (χ0n) is 12.5. The van der Waals surface area contributed by atoms with E-state index >= 15 is 0 Å². The van der Waals surface area contributed by atoms with E-state index in [4.69, 9.17) is 0 Å². The predicted molar refractivity (Wildman–Crippen MR) is 81.2 cm³/mol. The number of aliphatic carboxylic acids is 1. The number of carbonyl (C=O) groups excluding carboxylic acids is 1. The van der Waals surface area contributed by atoms with E-state index in [9.17, 15) is 14.7 Å². The molecule has 1 unspecified atom stereocenters. The maximum absolute atomic E-state index is 12.4. The van der Waals surface area contributed by atoms with E-state index in [2.05, 4.69) is 10.6 Å². The summed E-state index contributed by atoms with van der Waals surface area (Å²) in [5, 5.41) is 15.4. The monoisotopic (exact) mass is 290 g/mol. The van der Waals surface area contributed by atoms with Gasteiger partial charge in [-0.2, -0.15) is 0 Å². The Labute approximate surface area is 124 Å². The Bertz CT molecular complexity index is 538. The lowest BCUT2D eigenvalue weighted by Gasteiger charge is -2.32. The molecule has 114 valence electrons. The van der Waals surface area contributed by atoms with Crippen molar-refractivity contribution >= 4 is 17.6 Å². The first-order chi connectivity index (χ1) is 10.0. The van der Waals surface area contributed by atoms with Crippen LogP contribution in [-0.4, -0.2) is 29.1 Å². The van der Waals surface area contributed by atoms with Gasteiger partial charge in [-0.25, -0.2) is 4.79 Å². The first kappa shape index (κ1) is 15.4. The molecule has 1 aliphatic rings. The summed E-state index contributed by atoms with van der Waals surface area (Å²) in [5.74, 6) is -1.40. The minimum Gasteiger partial charge on any atom is -0.480 e. The number of rotatable bonds is 5. The second kappa shape index (κ2) is 6.16. The molecule has 21 heavy (non-hydrogen) atoms. The molecule has 1 atom stereocenters. The van der Waals surface area contributed by atoms with Crippen molar-refractivity contribution in [2.45, 2.75) is 38.6 Å². The van der Waals surface area contributed by atoms with Gasteiger partial charge >= 0.3 is 5.97 Å². The van der Waals surface area contributed by atoms with Crippen molar-refractivity contribution in [2.24, 2.45) is 5.92 Å². The minimum atomic E-state index is -1.16. The van der Waals surface area contributed by atoms with Crippen molar-refractivity contribution in [1.29, 1.82) is 0 Å². The Kier molecular flexibility index (Phi) is 4.50. The Hall–Kier alpha value is -2.04. The summed E-state index contributed by atoms with van der Waals surface area (Å²) < 4.78 is 0. The van der Waals surface area contributed by atoms with Crippen LogP contribution in [0, 0.1) is 5.92 Å². The Balaban J connectivity index is 2.10. The predicted octanol–water partition coefficient (Wildman–Crippen LogP) is 2.03. The molecule has 1 amide bonds. The highest BCUT2D eigenvalue weighted by molar-refractivity contribution is 5.88. The van der Waals surface area contributed by atoms with Gasteiger partial charge in [-0.05, 0) is 30.9 Å². The molecule has 5 nitrogen and oxygen atoms in total. The van der Waals surface area contributed by atoms with Gasteiger partial charge in [0, 0.05) is 12.2 Å². The van der Waals surface area contributed by atoms with Crippen LogP contribution in [0.2, 0.25) is 0 Å². The van der Waals surface area contributed by atoms with Crippen molar-refractivity contribution in [2.75, 3.05) is 11.9 Å². The molecule has 1 heterocycles. The minimum absolute atomic E-state index is 0.192. The fraction of sp³-hybridized carbons (Fsp3) is 0.500. The molecule has 0 spiro atoms. The number of para-hydroxylation sites is 1. The highest BCUT2D eigenvalue weighted by atomic mass is 16.4. The second-order valence-corrected chi connectivity index (χ2v) is 5.52. The normalized spacial score (nSPS) is 17.5. The first-order valence-corrected chi connectivity index (χ1v) is 7.39. The van der Waals surface area contributed by atoms with Gasteiger partial charge in [0.1, 0.15) is 5.54 Å². The van der Waals surface area contributed by atoms with E-state index in [1.54, 1.807) is 13.8 Å². The van der Waals surface area contributed by atoms with Crippen LogP contribution in [0.4, 0.5) is 5.69 Å². The third-order valence-corrected chi connectivity index (χ3v) is 4.37. The third kappa shape index (κ3) is 3.01. The summed E-state index contributed by atoms with van der Waals surface area (Å²) in [5.41, 5.74) is 0.989. The molecule has 2 rings (SSSR count). The summed E-state index contributed by atoms with van der Waals surface area (Å²) in [6.45, 7) is 4.10. The van der Waals surface area contributed by atoms with Crippen molar-refractivity contribution in [3.05, 3.63) is 29.8 Å². The summed E-state index contributed by atoms with van der Waals surface area (Å²) in [4.78, 5) is 23.9. The zero-order valence-corrected chi connectivity index (χ0v) is 12.5. The van der Waals surface area contributed by atoms with Gasteiger partial charge in [0.05, 0.1) is 5.92 Å². The van der Waals surface area contributed by atoms with Crippen molar-refractivity contribution < 1.29 is 14.7 Å². The number of hydrogen-bond acceptors (Lipinski definition) is 3. The molecule has 5 heteroatoms. The van der Waals surface area contributed by atoms with Crippen molar-refractivity contribution in [3.63, 3.8) is 0 Å². The lowest BCUT2D eigenvalue weighted by Crippen LogP contribution is -2.56. The van der Waals surface area contributed by atoms with E-state index in [1.165, 1.54) is 0 Å². The molecule has 0 aromatic heterocycles. The number of nitrogens with one attached hydrogen (secondary N) is 2. The SMILES string of the molecule is CCC(CC)(NC(=O)C1CNc2ccccc2C1)C(=O)O. The molecular weight excluding hydrogens is 268 g/mol. The molecule has 0 aliphatic carbocycles. The van der Waals surface area contributed by atoms with Crippen LogP contribution in [-0.2, 0) is 16.0 Å². The fourth-order valence-electron chi connectivity index (χ4n) is 2.75. The van der Waals surface area contributed by atoms with Crippen LogP contribution < -0.4 is 10.6 Å². The number of anilines is 1. The van der Waals surface area contributed by atoms with E-state index in [-0.39, 0.29) is 11.8 Å². The smallest absolute Gasteiger partial charge is 0.329 e. The van der Waals surface area contributed by atoms with Gasteiger partial charge in [0.25, 0.3) is 0 Å². The van der Waals surface area contributed by atoms with E-state index in [1.807, 2.05) is 24.3 Å². The summed E-state index contributed by atoms with van der Waals surface area (Å²) in [6, 6.07) is 7.88. The fourth-order valence-corrected chi connectivity index (χ4v) is 2.75. The van der Waals surface area contributed by atoms with Crippen molar-refractivity contribution in [3.8, 4) is 0 Å².